The molecule has 46 heavy (non-hydrogen) atoms. The van der Waals surface area contributed by atoms with Gasteiger partial charge in [0.05, 0.1) is 0 Å². The third-order valence-electron chi connectivity index (χ3n) is 8.59. The van der Waals surface area contributed by atoms with Crippen LogP contribution < -0.4 is 4.90 Å². The second kappa shape index (κ2) is 16.7. The Morgan fingerprint density at radius 3 is 1.59 bits per heavy atom. The fourth-order valence-corrected chi connectivity index (χ4v) is 11.7. The predicted molar refractivity (Wildman–Crippen MR) is 196 cm³/mol. The Balaban J connectivity index is 4.71. The van der Waals surface area contributed by atoms with Gasteiger partial charge in [0.15, 0.2) is 0 Å². The second-order valence-electron chi connectivity index (χ2n) is 14.0. The molecule has 0 atom stereocenters. The number of hydrogen-bond acceptors (Lipinski definition) is 5. The number of nitriles is 4. The molecule has 0 aliphatic rings. The van der Waals surface area contributed by atoms with Crippen LogP contribution in [0.3, 0.4) is 0 Å². The molecule has 6 heteroatoms. The molecule has 240 valence electrons. The van der Waals surface area contributed by atoms with Gasteiger partial charge in [-0.3, -0.25) is 0 Å². The van der Waals surface area contributed by atoms with Crippen LogP contribution in [-0.2, 0) is 0 Å². The van der Waals surface area contributed by atoms with Crippen LogP contribution in [0.5, 0.6) is 0 Å². The van der Waals surface area contributed by atoms with E-state index in [9.17, 15) is 21.0 Å². The van der Waals surface area contributed by atoms with E-state index in [-0.39, 0.29) is 22.3 Å². The first-order chi connectivity index (χ1) is 21.4. The Bertz CT molecular complexity index is 1600. The summed E-state index contributed by atoms with van der Waals surface area (Å²) in [6.45, 7) is 28.0. The van der Waals surface area contributed by atoms with Gasteiger partial charge in [0.1, 0.15) is 43.5 Å². The average molecular weight is 630 g/mol. The highest BCUT2D eigenvalue weighted by Crippen LogP contribution is 2.45. The molecule has 0 unspecified atom stereocenters. The maximum absolute atomic E-state index is 10.4. The van der Waals surface area contributed by atoms with E-state index < -0.39 is 13.5 Å². The highest BCUT2D eigenvalue weighted by atomic mass is 28.3. The van der Waals surface area contributed by atoms with Gasteiger partial charge in [-0.2, -0.15) is 21.0 Å². The van der Waals surface area contributed by atoms with Crippen LogP contribution in [-0.4, -0.2) is 22.2 Å². The molecule has 1 aromatic rings. The summed E-state index contributed by atoms with van der Waals surface area (Å²) in [5, 5.41) is 41.2. The lowest BCUT2D eigenvalue weighted by molar-refractivity contribution is 0.516. The van der Waals surface area contributed by atoms with Crippen LogP contribution in [0.4, 0.5) is 5.69 Å². The Morgan fingerprint density at radius 1 is 0.804 bits per heavy atom. The van der Waals surface area contributed by atoms with Gasteiger partial charge in [-0.1, -0.05) is 92.0 Å². The largest absolute Gasteiger partial charge is 0.378 e. The molecule has 0 aliphatic carbocycles. The van der Waals surface area contributed by atoms with E-state index in [0.717, 1.165) is 22.4 Å². The molecule has 0 amide bonds. The summed E-state index contributed by atoms with van der Waals surface area (Å²) in [6.07, 6.45) is 2.22. The minimum atomic E-state index is -2.13. The molecule has 0 saturated carbocycles. The molecule has 0 fully saturated rings. The highest BCUT2D eigenvalue weighted by Gasteiger charge is 2.42. The maximum atomic E-state index is 10.4. The summed E-state index contributed by atoms with van der Waals surface area (Å²) in [7, 11) is 1.72. The van der Waals surface area contributed by atoms with Gasteiger partial charge in [0.2, 0.25) is 0 Å². The van der Waals surface area contributed by atoms with Gasteiger partial charge < -0.3 is 4.90 Å². The molecule has 0 heterocycles. The highest BCUT2D eigenvalue weighted by molar-refractivity contribution is 6.90. The van der Waals surface area contributed by atoms with Crippen LogP contribution in [0.2, 0.25) is 16.6 Å². The zero-order valence-corrected chi connectivity index (χ0v) is 31.3. The summed E-state index contributed by atoms with van der Waals surface area (Å²) in [6, 6.07) is 15.7. The smallest absolute Gasteiger partial charge is 0.146 e. The number of benzene rings is 1. The van der Waals surface area contributed by atoms with E-state index in [0.29, 0.717) is 34.2 Å². The van der Waals surface area contributed by atoms with Crippen LogP contribution in [0, 0.1) is 62.2 Å². The third-order valence-corrected chi connectivity index (χ3v) is 14.9. The van der Waals surface area contributed by atoms with E-state index in [4.69, 9.17) is 0 Å². The molecule has 0 aliphatic heterocycles. The number of hydrogen-bond donors (Lipinski definition) is 0. The van der Waals surface area contributed by atoms with Crippen molar-refractivity contribution in [3.8, 4) is 35.7 Å². The molecule has 1 rings (SSSR count). The fourth-order valence-electron chi connectivity index (χ4n) is 6.48. The van der Waals surface area contributed by atoms with Crippen molar-refractivity contribution in [2.24, 2.45) is 5.41 Å². The lowest BCUT2D eigenvalue weighted by Gasteiger charge is -2.38. The summed E-state index contributed by atoms with van der Waals surface area (Å²) >= 11 is 0. The second-order valence-corrected chi connectivity index (χ2v) is 19.6. The van der Waals surface area contributed by atoms with Crippen molar-refractivity contribution in [2.75, 3.05) is 19.0 Å². The molecule has 0 aromatic heterocycles. The lowest BCUT2D eigenvalue weighted by atomic mass is 9.75. The van der Waals surface area contributed by atoms with Crippen molar-refractivity contribution >= 4 is 19.3 Å². The van der Waals surface area contributed by atoms with E-state index in [1.807, 2.05) is 63.2 Å². The molecule has 0 radical (unpaired) electrons. The van der Waals surface area contributed by atoms with Gasteiger partial charge >= 0.3 is 0 Å². The lowest BCUT2D eigenvalue weighted by Crippen LogP contribution is -2.43. The standard InChI is InChI=1S/C40H51N5Si/c1-15-16-35(36(40(10,11)12)21-22-46(28(4)5,29(6)7)30(8)9)37(27(2)3)39(33(25-43)26-44)38(32(23-41)24-42)31-17-19-34(20-18-31)45(13)14/h15,17-20,28-30H,1,16H2,2-14H3/b36-35-. The van der Waals surface area contributed by atoms with Gasteiger partial charge in [0, 0.05) is 36.5 Å². The van der Waals surface area contributed by atoms with Crippen molar-refractivity contribution < 1.29 is 0 Å². The zero-order valence-electron chi connectivity index (χ0n) is 30.3. The van der Waals surface area contributed by atoms with Crippen molar-refractivity contribution in [1.82, 2.24) is 0 Å². The molecule has 5 nitrogen and oxygen atoms in total. The summed E-state index contributed by atoms with van der Waals surface area (Å²) in [5.41, 5.74) is 9.63. The predicted octanol–water partition coefficient (Wildman–Crippen LogP) is 10.4. The van der Waals surface area contributed by atoms with Gasteiger partial charge in [-0.05, 0) is 71.1 Å². The molecular weight excluding hydrogens is 579 g/mol. The first kappa shape index (κ1) is 39.5. The number of rotatable bonds is 10. The van der Waals surface area contributed by atoms with Crippen LogP contribution >= 0.6 is 0 Å². The molecule has 0 saturated heterocycles. The molecular formula is C40H51N5Si. The minimum absolute atomic E-state index is 0.177. The normalized spacial score (nSPS) is 11.6. The van der Waals surface area contributed by atoms with Gasteiger partial charge in [-0.25, -0.2) is 0 Å². The summed E-state index contributed by atoms with van der Waals surface area (Å²) < 4.78 is 0. The van der Waals surface area contributed by atoms with Crippen molar-refractivity contribution in [1.29, 1.82) is 21.0 Å². The van der Waals surface area contributed by atoms with Crippen molar-refractivity contribution in [3.63, 3.8) is 0 Å². The molecule has 0 N–H and O–H groups in total. The van der Waals surface area contributed by atoms with E-state index in [1.165, 1.54) is 0 Å². The van der Waals surface area contributed by atoms with Crippen LogP contribution in [0.25, 0.3) is 5.57 Å². The van der Waals surface area contributed by atoms with E-state index in [1.54, 1.807) is 0 Å². The van der Waals surface area contributed by atoms with E-state index in [2.05, 4.69) is 105 Å². The van der Waals surface area contributed by atoms with Crippen LogP contribution in [0.1, 0.15) is 88.1 Å². The summed E-state index contributed by atoms with van der Waals surface area (Å²) in [4.78, 5) is 1.95. The topological polar surface area (TPSA) is 98.4 Å². The Hall–Kier alpha value is -4.54. The van der Waals surface area contributed by atoms with Crippen molar-refractivity contribution in [3.05, 3.63) is 81.5 Å². The Kier molecular flexibility index (Phi) is 14.3. The average Bonchev–Trinajstić information content (AvgIpc) is 2.96. The number of nitrogens with zero attached hydrogens (tertiary/aromatic N) is 5. The SMILES string of the molecule is C=CC/C(C(=C(C)C)C(=C(C#N)C#N)C(=C(C#N)C#N)c1ccc(N(C)C)cc1)=C(\C#C[Si](C(C)C)(C(C)C)C(C)C)C(C)(C)C. The van der Waals surface area contributed by atoms with Crippen LogP contribution in [0.15, 0.2) is 75.9 Å². The maximum Gasteiger partial charge on any atom is 0.146 e. The fraction of sp³-hybridized carbons (Fsp3) is 0.450. The number of allylic oxidation sites excluding steroid dienone is 9. The Morgan fingerprint density at radius 2 is 1.26 bits per heavy atom. The number of anilines is 1. The first-order valence-electron chi connectivity index (χ1n) is 15.8. The minimum Gasteiger partial charge on any atom is -0.378 e. The zero-order chi connectivity index (χ0) is 35.6. The molecule has 0 bridgehead atoms. The Labute approximate surface area is 280 Å². The van der Waals surface area contributed by atoms with Gasteiger partial charge in [0.25, 0.3) is 0 Å². The monoisotopic (exact) mass is 629 g/mol. The summed E-state index contributed by atoms with van der Waals surface area (Å²) in [5.74, 6) is 3.72. The third kappa shape index (κ3) is 8.58. The molecule has 1 aromatic carbocycles. The quantitative estimate of drug-likeness (QED) is 0.0843. The van der Waals surface area contributed by atoms with E-state index >= 15 is 0 Å². The first-order valence-corrected chi connectivity index (χ1v) is 18.1. The van der Waals surface area contributed by atoms with Gasteiger partial charge in [-0.15, -0.1) is 12.1 Å². The van der Waals surface area contributed by atoms with Crippen molar-refractivity contribution in [2.45, 2.75) is 99.2 Å². The molecule has 0 spiro atoms.